The molecule has 2 aromatic rings. The fourth-order valence-electron chi connectivity index (χ4n) is 1.97. The summed E-state index contributed by atoms with van der Waals surface area (Å²) in [5.74, 6) is 0. The number of ether oxygens (including phenoxy) is 1. The Labute approximate surface area is 114 Å². The zero-order chi connectivity index (χ0) is 13.5. The first-order valence-corrected chi connectivity index (χ1v) is 6.77. The van der Waals surface area contributed by atoms with Crippen molar-refractivity contribution < 1.29 is 4.74 Å². The Hall–Kier alpha value is -1.81. The Morgan fingerprint density at radius 2 is 2.16 bits per heavy atom. The maximum absolute atomic E-state index is 6.15. The number of fused-ring (bicyclic) bond motifs is 1. The molecule has 1 aromatic heterocycles. The van der Waals surface area contributed by atoms with Crippen molar-refractivity contribution in [2.45, 2.75) is 19.8 Å². The highest BCUT2D eigenvalue weighted by atomic mass is 16.5. The standard InChI is InChI=1S/C15H21N3O/c1-2-10-19-11-4-9-18-14-7-6-13-12(15(14)16)5-3-8-17-13/h3,5-8,18H,2,4,9-11,16H2,1H3. The van der Waals surface area contributed by atoms with E-state index in [2.05, 4.69) is 17.2 Å². The molecule has 3 N–H and O–H groups in total. The van der Waals surface area contributed by atoms with Crippen molar-refractivity contribution in [1.82, 2.24) is 4.98 Å². The summed E-state index contributed by atoms with van der Waals surface area (Å²) in [6.45, 7) is 4.60. The number of rotatable bonds is 7. The first-order valence-electron chi connectivity index (χ1n) is 6.77. The van der Waals surface area contributed by atoms with E-state index in [4.69, 9.17) is 10.5 Å². The predicted molar refractivity (Wildman–Crippen MR) is 80.4 cm³/mol. The number of nitrogen functional groups attached to an aromatic ring is 1. The molecule has 0 aliphatic heterocycles. The molecule has 4 heteroatoms. The van der Waals surface area contributed by atoms with E-state index in [0.29, 0.717) is 0 Å². The third-order valence-corrected chi connectivity index (χ3v) is 2.96. The van der Waals surface area contributed by atoms with Crippen LogP contribution in [0.2, 0.25) is 0 Å². The van der Waals surface area contributed by atoms with Crippen molar-refractivity contribution >= 4 is 22.3 Å². The number of hydrogen-bond acceptors (Lipinski definition) is 4. The topological polar surface area (TPSA) is 60.2 Å². The molecule has 0 fully saturated rings. The van der Waals surface area contributed by atoms with Crippen molar-refractivity contribution in [3.8, 4) is 0 Å². The summed E-state index contributed by atoms with van der Waals surface area (Å²) in [4.78, 5) is 4.29. The van der Waals surface area contributed by atoms with Crippen LogP contribution >= 0.6 is 0 Å². The van der Waals surface area contributed by atoms with Gasteiger partial charge >= 0.3 is 0 Å². The highest BCUT2D eigenvalue weighted by Gasteiger charge is 2.03. The molecule has 2 rings (SSSR count). The van der Waals surface area contributed by atoms with Crippen LogP contribution in [0.25, 0.3) is 10.9 Å². The lowest BCUT2D eigenvalue weighted by Gasteiger charge is -2.11. The Morgan fingerprint density at radius 3 is 3.00 bits per heavy atom. The molecule has 4 nitrogen and oxygen atoms in total. The first kappa shape index (κ1) is 13.6. The molecule has 0 atom stereocenters. The number of nitrogens with two attached hydrogens (primary N) is 1. The van der Waals surface area contributed by atoms with Crippen LogP contribution in [-0.2, 0) is 4.74 Å². The van der Waals surface area contributed by atoms with Crippen LogP contribution < -0.4 is 11.1 Å². The van der Waals surface area contributed by atoms with Crippen molar-refractivity contribution in [1.29, 1.82) is 0 Å². The number of nitrogens with zero attached hydrogens (tertiary/aromatic N) is 1. The predicted octanol–water partition coefficient (Wildman–Crippen LogP) is 3.05. The third kappa shape index (κ3) is 3.58. The van der Waals surface area contributed by atoms with Gasteiger partial charge in [0.05, 0.1) is 16.9 Å². The highest BCUT2D eigenvalue weighted by molar-refractivity contribution is 5.96. The molecule has 0 saturated heterocycles. The highest BCUT2D eigenvalue weighted by Crippen LogP contribution is 2.27. The van der Waals surface area contributed by atoms with Crippen molar-refractivity contribution in [2.75, 3.05) is 30.8 Å². The van der Waals surface area contributed by atoms with Crippen LogP contribution in [0.4, 0.5) is 11.4 Å². The maximum atomic E-state index is 6.15. The summed E-state index contributed by atoms with van der Waals surface area (Å²) in [5, 5.41) is 4.34. The number of hydrogen-bond donors (Lipinski definition) is 2. The molecule has 0 amide bonds. The van der Waals surface area contributed by atoms with E-state index in [-0.39, 0.29) is 0 Å². The molecule has 0 spiro atoms. The van der Waals surface area contributed by atoms with E-state index in [9.17, 15) is 0 Å². The van der Waals surface area contributed by atoms with Crippen molar-refractivity contribution in [3.05, 3.63) is 30.5 Å². The van der Waals surface area contributed by atoms with Crippen LogP contribution in [0.3, 0.4) is 0 Å². The van der Waals surface area contributed by atoms with E-state index in [1.807, 2.05) is 24.3 Å². The summed E-state index contributed by atoms with van der Waals surface area (Å²) < 4.78 is 5.44. The first-order chi connectivity index (χ1) is 9.33. The number of anilines is 2. The van der Waals surface area contributed by atoms with E-state index >= 15 is 0 Å². The zero-order valence-electron chi connectivity index (χ0n) is 11.4. The fraction of sp³-hybridized carbons (Fsp3) is 0.400. The molecule has 0 unspecified atom stereocenters. The number of pyridine rings is 1. The second-order valence-corrected chi connectivity index (χ2v) is 4.49. The molecule has 102 valence electrons. The SMILES string of the molecule is CCCOCCCNc1ccc2ncccc2c1N. The lowest BCUT2D eigenvalue weighted by atomic mass is 10.1. The average Bonchev–Trinajstić information content (AvgIpc) is 2.45. The van der Waals surface area contributed by atoms with E-state index in [1.165, 1.54) is 0 Å². The van der Waals surface area contributed by atoms with Gasteiger partial charge in [0.25, 0.3) is 0 Å². The van der Waals surface area contributed by atoms with Crippen LogP contribution in [0.1, 0.15) is 19.8 Å². The van der Waals surface area contributed by atoms with Crippen LogP contribution in [0.15, 0.2) is 30.5 Å². The number of nitrogens with one attached hydrogen (secondary N) is 1. The maximum Gasteiger partial charge on any atom is 0.0724 e. The van der Waals surface area contributed by atoms with Gasteiger partial charge < -0.3 is 15.8 Å². The molecule has 0 radical (unpaired) electrons. The normalized spacial score (nSPS) is 10.8. The number of benzene rings is 1. The Balaban J connectivity index is 1.92. The second-order valence-electron chi connectivity index (χ2n) is 4.49. The average molecular weight is 259 g/mol. The fourth-order valence-corrected chi connectivity index (χ4v) is 1.97. The lowest BCUT2D eigenvalue weighted by molar-refractivity contribution is 0.134. The van der Waals surface area contributed by atoms with Gasteiger partial charge in [-0.2, -0.15) is 0 Å². The van der Waals surface area contributed by atoms with Gasteiger partial charge in [-0.3, -0.25) is 4.98 Å². The summed E-state index contributed by atoms with van der Waals surface area (Å²) in [6.07, 6.45) is 3.82. The van der Waals surface area contributed by atoms with E-state index < -0.39 is 0 Å². The summed E-state index contributed by atoms with van der Waals surface area (Å²) in [7, 11) is 0. The van der Waals surface area contributed by atoms with Gasteiger partial charge in [0.2, 0.25) is 0 Å². The summed E-state index contributed by atoms with van der Waals surface area (Å²) in [5.41, 5.74) is 8.81. The largest absolute Gasteiger partial charge is 0.397 e. The van der Waals surface area contributed by atoms with Gasteiger partial charge in [0.15, 0.2) is 0 Å². The van der Waals surface area contributed by atoms with Crippen molar-refractivity contribution in [2.24, 2.45) is 0 Å². The minimum atomic E-state index is 0.764. The molecule has 1 aromatic carbocycles. The Morgan fingerprint density at radius 1 is 1.26 bits per heavy atom. The smallest absolute Gasteiger partial charge is 0.0724 e. The van der Waals surface area contributed by atoms with Crippen molar-refractivity contribution in [3.63, 3.8) is 0 Å². The lowest BCUT2D eigenvalue weighted by Crippen LogP contribution is -2.08. The summed E-state index contributed by atoms with van der Waals surface area (Å²) >= 11 is 0. The van der Waals surface area contributed by atoms with Gasteiger partial charge in [-0.15, -0.1) is 0 Å². The quantitative estimate of drug-likeness (QED) is 0.592. The molecule has 0 aliphatic carbocycles. The van der Waals surface area contributed by atoms with Gasteiger partial charge in [0, 0.05) is 31.3 Å². The molecular formula is C15H21N3O. The van der Waals surface area contributed by atoms with Gasteiger partial charge in [-0.25, -0.2) is 0 Å². The zero-order valence-corrected chi connectivity index (χ0v) is 11.4. The minimum absolute atomic E-state index is 0.764. The molecule has 1 heterocycles. The Bertz CT molecular complexity index is 528. The number of aromatic nitrogens is 1. The second kappa shape index (κ2) is 6.95. The minimum Gasteiger partial charge on any atom is -0.397 e. The van der Waals surface area contributed by atoms with Crippen LogP contribution in [-0.4, -0.2) is 24.7 Å². The van der Waals surface area contributed by atoms with Crippen LogP contribution in [0, 0.1) is 0 Å². The molecular weight excluding hydrogens is 238 g/mol. The van der Waals surface area contributed by atoms with Gasteiger partial charge in [0.1, 0.15) is 0 Å². The molecule has 0 aliphatic rings. The Kier molecular flexibility index (Phi) is 4.98. The third-order valence-electron chi connectivity index (χ3n) is 2.96. The molecule has 0 bridgehead atoms. The van der Waals surface area contributed by atoms with E-state index in [1.54, 1.807) is 6.20 Å². The van der Waals surface area contributed by atoms with E-state index in [0.717, 1.165) is 54.9 Å². The van der Waals surface area contributed by atoms with Gasteiger partial charge in [-0.1, -0.05) is 6.92 Å². The molecule has 0 saturated carbocycles. The van der Waals surface area contributed by atoms with Crippen LogP contribution in [0.5, 0.6) is 0 Å². The van der Waals surface area contributed by atoms with Gasteiger partial charge in [-0.05, 0) is 37.1 Å². The molecule has 19 heavy (non-hydrogen) atoms. The monoisotopic (exact) mass is 259 g/mol. The summed E-state index contributed by atoms with van der Waals surface area (Å²) in [6, 6.07) is 7.87.